The molecule has 6 heteroatoms. The summed E-state index contributed by atoms with van der Waals surface area (Å²) in [7, 11) is 0. The Hall–Kier alpha value is -1.95. The Morgan fingerprint density at radius 3 is 2.91 bits per heavy atom. The molecular weight excluding hydrogens is 308 g/mol. The lowest BCUT2D eigenvalue weighted by molar-refractivity contribution is -0.131. The molecule has 0 radical (unpaired) electrons. The van der Waals surface area contributed by atoms with E-state index >= 15 is 0 Å². The van der Waals surface area contributed by atoms with Gasteiger partial charge in [-0.15, -0.1) is 11.3 Å². The van der Waals surface area contributed by atoms with Crippen LogP contribution >= 0.6 is 11.3 Å². The summed E-state index contributed by atoms with van der Waals surface area (Å²) in [5.41, 5.74) is 2.00. The second-order valence-electron chi connectivity index (χ2n) is 5.83. The zero-order valence-electron chi connectivity index (χ0n) is 13.8. The van der Waals surface area contributed by atoms with Crippen LogP contribution in [0.4, 0.5) is 10.9 Å². The molecule has 0 aliphatic carbocycles. The minimum absolute atomic E-state index is 0.101. The number of carbonyl (C=O) groups excluding carboxylic acids is 1. The van der Waals surface area contributed by atoms with E-state index in [4.69, 9.17) is 4.98 Å². The third kappa shape index (κ3) is 3.37. The van der Waals surface area contributed by atoms with Gasteiger partial charge in [0.2, 0.25) is 5.91 Å². The highest BCUT2D eigenvalue weighted by Crippen LogP contribution is 2.32. The minimum atomic E-state index is 0.101. The van der Waals surface area contributed by atoms with E-state index in [9.17, 15) is 4.79 Å². The Morgan fingerprint density at radius 2 is 2.22 bits per heavy atom. The van der Waals surface area contributed by atoms with Crippen molar-refractivity contribution in [2.45, 2.75) is 46.1 Å². The van der Waals surface area contributed by atoms with Crippen molar-refractivity contribution in [2.24, 2.45) is 0 Å². The van der Waals surface area contributed by atoms with Crippen LogP contribution < -0.4 is 5.32 Å². The Balaban J connectivity index is 1.80. The van der Waals surface area contributed by atoms with Crippen molar-refractivity contribution >= 4 is 28.2 Å². The number of hydrogen-bond donors (Lipinski definition) is 1. The fraction of sp³-hybridized carbons (Fsp3) is 0.471. The zero-order chi connectivity index (χ0) is 16.4. The van der Waals surface area contributed by atoms with Crippen LogP contribution in [0.5, 0.6) is 0 Å². The van der Waals surface area contributed by atoms with Gasteiger partial charge in [0.25, 0.3) is 0 Å². The highest BCUT2D eigenvalue weighted by Gasteiger charge is 2.30. The van der Waals surface area contributed by atoms with E-state index in [1.54, 1.807) is 11.3 Å². The van der Waals surface area contributed by atoms with Crippen LogP contribution in [0.2, 0.25) is 0 Å². The van der Waals surface area contributed by atoms with Gasteiger partial charge in [0.1, 0.15) is 5.82 Å². The molecule has 1 N–H and O–H groups in total. The summed E-state index contributed by atoms with van der Waals surface area (Å²) in [6.07, 6.45) is 2.57. The molecule has 0 bridgehead atoms. The molecule has 1 aliphatic rings. The maximum absolute atomic E-state index is 12.1. The number of aromatic nitrogens is 2. The maximum Gasteiger partial charge on any atom is 0.222 e. The highest BCUT2D eigenvalue weighted by molar-refractivity contribution is 7.15. The highest BCUT2D eigenvalue weighted by atomic mass is 32.1. The van der Waals surface area contributed by atoms with Crippen molar-refractivity contribution in [1.29, 1.82) is 0 Å². The van der Waals surface area contributed by atoms with Gasteiger partial charge in [0.05, 0.1) is 17.4 Å². The summed E-state index contributed by atoms with van der Waals surface area (Å²) < 4.78 is 0. The first-order valence-electron chi connectivity index (χ1n) is 8.06. The lowest BCUT2D eigenvalue weighted by atomic mass is 10.1. The summed E-state index contributed by atoms with van der Waals surface area (Å²) in [6.45, 7) is 6.82. The smallest absolute Gasteiger partial charge is 0.222 e. The van der Waals surface area contributed by atoms with Crippen molar-refractivity contribution in [3.05, 3.63) is 34.5 Å². The normalized spacial score (nSPS) is 17.5. The molecule has 1 aliphatic heterocycles. The molecule has 2 aromatic rings. The first-order chi connectivity index (χ1) is 11.1. The number of nitrogens with zero attached hydrogens (tertiary/aromatic N) is 3. The second kappa shape index (κ2) is 6.66. The van der Waals surface area contributed by atoms with E-state index in [0.29, 0.717) is 6.42 Å². The largest absolute Gasteiger partial charge is 0.334 e. The molecule has 0 saturated carbocycles. The number of nitrogens with one attached hydrogen (secondary N) is 1. The molecule has 3 heterocycles. The molecule has 23 heavy (non-hydrogen) atoms. The first kappa shape index (κ1) is 15.9. The molecule has 0 spiro atoms. The monoisotopic (exact) mass is 330 g/mol. The van der Waals surface area contributed by atoms with Crippen LogP contribution in [0.1, 0.15) is 48.5 Å². The Morgan fingerprint density at radius 1 is 1.39 bits per heavy atom. The fourth-order valence-corrected chi connectivity index (χ4v) is 3.74. The Bertz CT molecular complexity index is 693. The van der Waals surface area contributed by atoms with Crippen LogP contribution in [0.3, 0.4) is 0 Å². The minimum Gasteiger partial charge on any atom is -0.334 e. The third-order valence-corrected chi connectivity index (χ3v) is 5.24. The molecule has 122 valence electrons. The zero-order valence-corrected chi connectivity index (χ0v) is 14.6. The van der Waals surface area contributed by atoms with Gasteiger partial charge in [-0.2, -0.15) is 0 Å². The molecule has 0 aromatic carbocycles. The summed E-state index contributed by atoms with van der Waals surface area (Å²) in [5.74, 6) is 0.992. The topological polar surface area (TPSA) is 58.1 Å². The lowest BCUT2D eigenvalue weighted by Crippen LogP contribution is -2.30. The van der Waals surface area contributed by atoms with Crippen LogP contribution in [0.25, 0.3) is 0 Å². The molecule has 1 atom stereocenters. The maximum atomic E-state index is 12.1. The number of rotatable bonds is 4. The van der Waals surface area contributed by atoms with Crippen molar-refractivity contribution < 1.29 is 4.79 Å². The van der Waals surface area contributed by atoms with Gasteiger partial charge in [-0.05, 0) is 38.8 Å². The second-order valence-corrected chi connectivity index (χ2v) is 7.04. The average molecular weight is 330 g/mol. The lowest BCUT2D eigenvalue weighted by Gasteiger charge is -2.24. The van der Waals surface area contributed by atoms with E-state index in [2.05, 4.69) is 17.2 Å². The number of carbonyl (C=O) groups is 1. The van der Waals surface area contributed by atoms with Gasteiger partial charge in [0.15, 0.2) is 5.13 Å². The number of pyridine rings is 1. The van der Waals surface area contributed by atoms with E-state index in [1.807, 2.05) is 36.9 Å². The summed E-state index contributed by atoms with van der Waals surface area (Å²) >= 11 is 1.63. The van der Waals surface area contributed by atoms with Crippen molar-refractivity contribution in [2.75, 3.05) is 11.9 Å². The quantitative estimate of drug-likeness (QED) is 0.921. The summed E-state index contributed by atoms with van der Waals surface area (Å²) in [5, 5.41) is 4.14. The fourth-order valence-electron chi connectivity index (χ4n) is 2.92. The van der Waals surface area contributed by atoms with Gasteiger partial charge >= 0.3 is 0 Å². The van der Waals surface area contributed by atoms with E-state index in [1.165, 1.54) is 4.88 Å². The van der Waals surface area contributed by atoms with Crippen molar-refractivity contribution in [3.63, 3.8) is 0 Å². The molecule has 5 nitrogen and oxygen atoms in total. The summed E-state index contributed by atoms with van der Waals surface area (Å²) in [4.78, 5) is 24.5. The van der Waals surface area contributed by atoms with Crippen molar-refractivity contribution in [1.82, 2.24) is 14.9 Å². The first-order valence-corrected chi connectivity index (χ1v) is 8.87. The van der Waals surface area contributed by atoms with Crippen LogP contribution in [0, 0.1) is 13.8 Å². The molecule has 2 aromatic heterocycles. The SMILES string of the molecule is CCC(=O)N1CCC[C@H]1c1cccc(Nc2nc(C)c(C)s2)n1. The van der Waals surface area contributed by atoms with Gasteiger partial charge in [0, 0.05) is 17.8 Å². The van der Waals surface area contributed by atoms with Gasteiger partial charge in [-0.25, -0.2) is 9.97 Å². The van der Waals surface area contributed by atoms with E-state index < -0.39 is 0 Å². The number of hydrogen-bond acceptors (Lipinski definition) is 5. The van der Waals surface area contributed by atoms with Crippen LogP contribution in [-0.2, 0) is 4.79 Å². The molecular formula is C17H22N4OS. The van der Waals surface area contributed by atoms with Gasteiger partial charge in [-0.3, -0.25) is 4.79 Å². The summed E-state index contributed by atoms with van der Waals surface area (Å²) in [6, 6.07) is 6.04. The van der Waals surface area contributed by atoms with Crippen LogP contribution in [-0.4, -0.2) is 27.3 Å². The molecule has 1 saturated heterocycles. The van der Waals surface area contributed by atoms with E-state index in [0.717, 1.165) is 41.7 Å². The predicted molar refractivity (Wildman–Crippen MR) is 93.1 cm³/mol. The third-order valence-electron chi connectivity index (χ3n) is 4.25. The Labute approximate surface area is 140 Å². The molecule has 1 amide bonds. The van der Waals surface area contributed by atoms with E-state index in [-0.39, 0.29) is 11.9 Å². The molecule has 1 fully saturated rings. The predicted octanol–water partition coefficient (Wildman–Crippen LogP) is 3.97. The van der Waals surface area contributed by atoms with Gasteiger partial charge in [-0.1, -0.05) is 13.0 Å². The Kier molecular flexibility index (Phi) is 4.61. The molecule has 3 rings (SSSR count). The standard InChI is InChI=1S/C17H22N4OS/c1-4-16(22)21-10-6-8-14(21)13-7-5-9-15(19-13)20-17-18-11(2)12(3)23-17/h5,7,9,14H,4,6,8,10H2,1-3H3,(H,18,19,20)/t14-/m0/s1. The number of aryl methyl sites for hydroxylation is 2. The van der Waals surface area contributed by atoms with Gasteiger partial charge < -0.3 is 10.2 Å². The average Bonchev–Trinajstić information content (AvgIpc) is 3.14. The number of anilines is 2. The number of thiazole rings is 1. The number of likely N-dealkylation sites (tertiary alicyclic amines) is 1. The number of amides is 1. The van der Waals surface area contributed by atoms with Crippen molar-refractivity contribution in [3.8, 4) is 0 Å². The van der Waals surface area contributed by atoms with Crippen LogP contribution in [0.15, 0.2) is 18.2 Å². The molecule has 0 unspecified atom stereocenters.